The number of imidazole rings is 1. The summed E-state index contributed by atoms with van der Waals surface area (Å²) in [5, 5.41) is 2.90. The molecular weight excluding hydrogens is 242 g/mol. The third-order valence-corrected chi connectivity index (χ3v) is 3.59. The monoisotopic (exact) mass is 265 g/mol. The van der Waals surface area contributed by atoms with Gasteiger partial charge in [-0.25, -0.2) is 4.98 Å². The maximum atomic E-state index is 11.6. The van der Waals surface area contributed by atoms with Crippen molar-refractivity contribution in [2.75, 3.05) is 45.8 Å². The first-order valence-corrected chi connectivity index (χ1v) is 7.01. The molecule has 0 saturated carbocycles. The van der Waals surface area contributed by atoms with Crippen molar-refractivity contribution < 1.29 is 4.79 Å². The van der Waals surface area contributed by atoms with Crippen molar-refractivity contribution in [3.63, 3.8) is 0 Å². The molecule has 6 nitrogen and oxygen atoms in total. The summed E-state index contributed by atoms with van der Waals surface area (Å²) < 4.78 is 0. The predicted octanol–water partition coefficient (Wildman–Crippen LogP) is 0.167. The molecule has 2 rings (SSSR count). The molecule has 0 radical (unpaired) electrons. The number of rotatable bonds is 6. The van der Waals surface area contributed by atoms with Gasteiger partial charge in [-0.15, -0.1) is 0 Å². The minimum absolute atomic E-state index is 0.0756. The molecule has 2 heterocycles. The van der Waals surface area contributed by atoms with Gasteiger partial charge in [-0.1, -0.05) is 6.92 Å². The highest BCUT2D eigenvalue weighted by molar-refractivity contribution is 5.91. The first-order chi connectivity index (χ1) is 9.29. The molecular formula is C13H23N5O. The molecule has 0 spiro atoms. The minimum atomic E-state index is -0.0756. The Morgan fingerprint density at radius 2 is 2.11 bits per heavy atom. The molecule has 1 aromatic heterocycles. The lowest BCUT2D eigenvalue weighted by atomic mass is 10.3. The van der Waals surface area contributed by atoms with Gasteiger partial charge >= 0.3 is 0 Å². The predicted molar refractivity (Wildman–Crippen MR) is 74.1 cm³/mol. The van der Waals surface area contributed by atoms with Gasteiger partial charge in [0.05, 0.1) is 12.5 Å². The molecule has 19 heavy (non-hydrogen) atoms. The van der Waals surface area contributed by atoms with Crippen molar-refractivity contribution >= 4 is 5.91 Å². The summed E-state index contributed by atoms with van der Waals surface area (Å²) in [6.45, 7) is 9.74. The van der Waals surface area contributed by atoms with E-state index in [1.54, 1.807) is 6.20 Å². The summed E-state index contributed by atoms with van der Waals surface area (Å²) >= 11 is 0. The van der Waals surface area contributed by atoms with E-state index in [1.165, 1.54) is 6.33 Å². The molecule has 0 unspecified atom stereocenters. The Kier molecular flexibility index (Phi) is 5.35. The number of carbonyl (C=O) groups is 1. The summed E-state index contributed by atoms with van der Waals surface area (Å²) in [6.07, 6.45) is 4.05. The van der Waals surface area contributed by atoms with Crippen LogP contribution in [0, 0.1) is 0 Å². The van der Waals surface area contributed by atoms with E-state index in [2.05, 4.69) is 32.0 Å². The number of H-pyrrole nitrogens is 1. The van der Waals surface area contributed by atoms with E-state index in [1.807, 2.05) is 0 Å². The van der Waals surface area contributed by atoms with Crippen LogP contribution in [0.4, 0.5) is 0 Å². The number of aromatic amines is 1. The Balaban J connectivity index is 1.56. The minimum Gasteiger partial charge on any atom is -0.351 e. The number of piperazine rings is 1. The van der Waals surface area contributed by atoms with Crippen LogP contribution in [0.5, 0.6) is 0 Å². The number of hydrogen-bond donors (Lipinski definition) is 2. The third kappa shape index (κ3) is 4.33. The SMILES string of the molecule is CCN1CCN(CCCNC(=O)c2cnc[nH]2)CC1. The molecule has 0 atom stereocenters. The van der Waals surface area contributed by atoms with E-state index in [0.717, 1.165) is 45.7 Å². The van der Waals surface area contributed by atoms with Crippen LogP contribution in [0.1, 0.15) is 23.8 Å². The van der Waals surface area contributed by atoms with Gasteiger partial charge in [0.2, 0.25) is 0 Å². The average Bonchev–Trinajstić information content (AvgIpc) is 2.98. The number of nitrogens with zero attached hydrogens (tertiary/aromatic N) is 3. The smallest absolute Gasteiger partial charge is 0.269 e. The lowest BCUT2D eigenvalue weighted by Crippen LogP contribution is -2.46. The van der Waals surface area contributed by atoms with E-state index in [-0.39, 0.29) is 5.91 Å². The van der Waals surface area contributed by atoms with Crippen LogP contribution in [0.3, 0.4) is 0 Å². The standard InChI is InChI=1S/C13H23N5O/c1-2-17-6-8-18(9-7-17)5-3-4-15-13(19)12-10-14-11-16-12/h10-11H,2-9H2,1H3,(H,14,16)(H,15,19). The highest BCUT2D eigenvalue weighted by Gasteiger charge is 2.14. The fraction of sp³-hybridized carbons (Fsp3) is 0.692. The lowest BCUT2D eigenvalue weighted by molar-refractivity contribution is 0.0944. The maximum absolute atomic E-state index is 11.6. The Morgan fingerprint density at radius 3 is 2.74 bits per heavy atom. The van der Waals surface area contributed by atoms with Crippen LogP contribution in [0.2, 0.25) is 0 Å². The van der Waals surface area contributed by atoms with Gasteiger partial charge in [0.1, 0.15) is 5.69 Å². The van der Waals surface area contributed by atoms with E-state index in [0.29, 0.717) is 12.2 Å². The van der Waals surface area contributed by atoms with E-state index < -0.39 is 0 Å². The maximum Gasteiger partial charge on any atom is 0.269 e. The quantitative estimate of drug-likeness (QED) is 0.720. The average molecular weight is 265 g/mol. The first kappa shape index (κ1) is 14.0. The fourth-order valence-corrected chi connectivity index (χ4v) is 2.31. The lowest BCUT2D eigenvalue weighted by Gasteiger charge is -2.33. The zero-order valence-corrected chi connectivity index (χ0v) is 11.6. The van der Waals surface area contributed by atoms with Crippen molar-refractivity contribution in [1.29, 1.82) is 0 Å². The summed E-state index contributed by atoms with van der Waals surface area (Å²) in [5.74, 6) is -0.0756. The summed E-state index contributed by atoms with van der Waals surface area (Å²) in [5.41, 5.74) is 0.525. The molecule has 1 fully saturated rings. The number of hydrogen-bond acceptors (Lipinski definition) is 4. The van der Waals surface area contributed by atoms with Crippen molar-refractivity contribution in [3.05, 3.63) is 18.2 Å². The number of amides is 1. The first-order valence-electron chi connectivity index (χ1n) is 7.01. The molecule has 106 valence electrons. The summed E-state index contributed by atoms with van der Waals surface area (Å²) in [7, 11) is 0. The second kappa shape index (κ2) is 7.25. The van der Waals surface area contributed by atoms with Crippen molar-refractivity contribution in [3.8, 4) is 0 Å². The molecule has 1 amide bonds. The van der Waals surface area contributed by atoms with Gasteiger partial charge in [-0.2, -0.15) is 0 Å². The molecule has 0 bridgehead atoms. The van der Waals surface area contributed by atoms with Gasteiger partial charge < -0.3 is 20.1 Å². The molecule has 1 aliphatic rings. The number of nitrogens with one attached hydrogen (secondary N) is 2. The fourth-order valence-electron chi connectivity index (χ4n) is 2.31. The van der Waals surface area contributed by atoms with Gasteiger partial charge in [0, 0.05) is 32.7 Å². The van der Waals surface area contributed by atoms with Crippen LogP contribution in [-0.4, -0.2) is 71.5 Å². The third-order valence-electron chi connectivity index (χ3n) is 3.59. The van der Waals surface area contributed by atoms with Crippen LogP contribution < -0.4 is 5.32 Å². The zero-order valence-electron chi connectivity index (χ0n) is 11.6. The Morgan fingerprint density at radius 1 is 1.37 bits per heavy atom. The van der Waals surface area contributed by atoms with Crippen molar-refractivity contribution in [2.45, 2.75) is 13.3 Å². The zero-order chi connectivity index (χ0) is 13.5. The molecule has 6 heteroatoms. The van der Waals surface area contributed by atoms with Gasteiger partial charge in [0.15, 0.2) is 0 Å². The molecule has 0 aliphatic carbocycles. The van der Waals surface area contributed by atoms with E-state index in [4.69, 9.17) is 0 Å². The highest BCUT2D eigenvalue weighted by Crippen LogP contribution is 2.01. The summed E-state index contributed by atoms with van der Waals surface area (Å²) in [6, 6.07) is 0. The van der Waals surface area contributed by atoms with E-state index >= 15 is 0 Å². The number of aromatic nitrogens is 2. The second-order valence-corrected chi connectivity index (χ2v) is 4.85. The van der Waals surface area contributed by atoms with Gasteiger partial charge in [0.25, 0.3) is 5.91 Å². The van der Waals surface area contributed by atoms with Crippen LogP contribution >= 0.6 is 0 Å². The van der Waals surface area contributed by atoms with E-state index in [9.17, 15) is 4.79 Å². The second-order valence-electron chi connectivity index (χ2n) is 4.85. The Bertz CT molecular complexity index is 370. The normalized spacial score (nSPS) is 17.5. The number of carbonyl (C=O) groups excluding carboxylic acids is 1. The Labute approximate surface area is 114 Å². The summed E-state index contributed by atoms with van der Waals surface area (Å²) in [4.78, 5) is 23.2. The molecule has 0 aromatic carbocycles. The molecule has 1 aromatic rings. The molecule has 1 saturated heterocycles. The topological polar surface area (TPSA) is 64.3 Å². The van der Waals surface area contributed by atoms with Crippen LogP contribution in [-0.2, 0) is 0 Å². The van der Waals surface area contributed by atoms with Crippen LogP contribution in [0.25, 0.3) is 0 Å². The van der Waals surface area contributed by atoms with Crippen LogP contribution in [0.15, 0.2) is 12.5 Å². The van der Waals surface area contributed by atoms with Crippen molar-refractivity contribution in [1.82, 2.24) is 25.1 Å². The molecule has 2 N–H and O–H groups in total. The Hall–Kier alpha value is -1.40. The highest BCUT2D eigenvalue weighted by atomic mass is 16.1. The number of likely N-dealkylation sites (N-methyl/N-ethyl adjacent to an activating group) is 1. The largest absolute Gasteiger partial charge is 0.351 e. The molecule has 1 aliphatic heterocycles. The van der Waals surface area contributed by atoms with Crippen molar-refractivity contribution in [2.24, 2.45) is 0 Å². The van der Waals surface area contributed by atoms with Gasteiger partial charge in [-0.05, 0) is 19.5 Å². The van der Waals surface area contributed by atoms with Gasteiger partial charge in [-0.3, -0.25) is 4.79 Å².